The van der Waals surface area contributed by atoms with E-state index in [0.29, 0.717) is 5.56 Å². The first-order valence-electron chi connectivity index (χ1n) is 4.35. The van der Waals surface area contributed by atoms with Crippen molar-refractivity contribution in [3.63, 3.8) is 0 Å². The van der Waals surface area contributed by atoms with Crippen molar-refractivity contribution in [3.8, 4) is 11.4 Å². The van der Waals surface area contributed by atoms with Crippen LogP contribution in [-0.4, -0.2) is 20.7 Å². The Morgan fingerprint density at radius 1 is 1.33 bits per heavy atom. The minimum atomic E-state index is -0.0139. The zero-order valence-electron chi connectivity index (χ0n) is 7.88. The van der Waals surface area contributed by atoms with Crippen molar-refractivity contribution in [1.29, 1.82) is 5.41 Å². The second kappa shape index (κ2) is 3.45. The topological polar surface area (TPSA) is 87.9 Å². The number of aromatic nitrogens is 2. The fourth-order valence-electron chi connectivity index (χ4n) is 1.21. The number of nitrogens with one attached hydrogen (secondary N) is 1. The number of rotatable bonds is 2. The Kier molecular flexibility index (Phi) is 2.13. The summed E-state index contributed by atoms with van der Waals surface area (Å²) in [4.78, 5) is 0. The summed E-state index contributed by atoms with van der Waals surface area (Å²) in [6.45, 7) is 0. The van der Waals surface area contributed by atoms with Crippen LogP contribution >= 0.6 is 0 Å². The molecule has 0 aliphatic rings. The highest BCUT2D eigenvalue weighted by atomic mass is 16.3. The molecule has 2 aromatic rings. The number of phenolic OH excluding ortho intramolecular Hbond substituents is 1. The summed E-state index contributed by atoms with van der Waals surface area (Å²) >= 11 is 0. The van der Waals surface area contributed by atoms with Gasteiger partial charge in [0, 0.05) is 6.20 Å². The first-order valence-corrected chi connectivity index (χ1v) is 4.35. The van der Waals surface area contributed by atoms with Gasteiger partial charge in [0.05, 0.1) is 17.4 Å². The van der Waals surface area contributed by atoms with Crippen LogP contribution in [0, 0.1) is 5.41 Å². The summed E-state index contributed by atoms with van der Waals surface area (Å²) in [6.07, 6.45) is 3.18. The maximum absolute atomic E-state index is 9.11. The molecule has 0 aliphatic heterocycles. The Morgan fingerprint density at radius 2 is 2.00 bits per heavy atom. The maximum Gasteiger partial charge on any atom is 0.126 e. The third-order valence-electron chi connectivity index (χ3n) is 2.01. The van der Waals surface area contributed by atoms with Crippen LogP contribution in [-0.2, 0) is 0 Å². The second-order valence-electron chi connectivity index (χ2n) is 3.10. The summed E-state index contributed by atoms with van der Waals surface area (Å²) < 4.78 is 1.59. The quantitative estimate of drug-likeness (QED) is 0.498. The van der Waals surface area contributed by atoms with Gasteiger partial charge in [-0.1, -0.05) is 0 Å². The molecule has 0 amide bonds. The number of benzene rings is 1. The molecule has 0 fully saturated rings. The first-order chi connectivity index (χ1) is 7.16. The van der Waals surface area contributed by atoms with E-state index in [9.17, 15) is 0 Å². The largest absolute Gasteiger partial charge is 0.508 e. The van der Waals surface area contributed by atoms with Gasteiger partial charge >= 0.3 is 0 Å². The van der Waals surface area contributed by atoms with Crippen LogP contribution in [0.15, 0.2) is 36.7 Å². The molecule has 1 heterocycles. The number of nitrogens with zero attached hydrogens (tertiary/aromatic N) is 2. The van der Waals surface area contributed by atoms with E-state index in [2.05, 4.69) is 5.10 Å². The van der Waals surface area contributed by atoms with Gasteiger partial charge in [-0.15, -0.1) is 0 Å². The molecular formula is C10H10N4O. The lowest BCUT2D eigenvalue weighted by atomic mass is 10.3. The van der Waals surface area contributed by atoms with Crippen molar-refractivity contribution in [2.24, 2.45) is 5.73 Å². The van der Waals surface area contributed by atoms with Crippen LogP contribution in [0.25, 0.3) is 5.69 Å². The third-order valence-corrected chi connectivity index (χ3v) is 2.01. The van der Waals surface area contributed by atoms with Crippen LogP contribution in [0.2, 0.25) is 0 Å². The monoisotopic (exact) mass is 202 g/mol. The minimum Gasteiger partial charge on any atom is -0.508 e. The smallest absolute Gasteiger partial charge is 0.126 e. The van der Waals surface area contributed by atoms with Gasteiger partial charge < -0.3 is 10.8 Å². The first kappa shape index (κ1) is 9.26. The van der Waals surface area contributed by atoms with Crippen molar-refractivity contribution in [3.05, 3.63) is 42.2 Å². The molecule has 5 heteroatoms. The zero-order valence-corrected chi connectivity index (χ0v) is 7.88. The van der Waals surface area contributed by atoms with Gasteiger partial charge in [0.1, 0.15) is 11.6 Å². The molecule has 76 valence electrons. The lowest BCUT2D eigenvalue weighted by Crippen LogP contribution is -2.09. The molecule has 5 nitrogen and oxygen atoms in total. The van der Waals surface area contributed by atoms with Crippen molar-refractivity contribution in [1.82, 2.24) is 9.78 Å². The van der Waals surface area contributed by atoms with E-state index in [-0.39, 0.29) is 11.6 Å². The van der Waals surface area contributed by atoms with Crippen molar-refractivity contribution in [2.45, 2.75) is 0 Å². The fraction of sp³-hybridized carbons (Fsp3) is 0. The van der Waals surface area contributed by atoms with Gasteiger partial charge in [-0.2, -0.15) is 5.10 Å². The number of aromatic hydroxyl groups is 1. The van der Waals surface area contributed by atoms with Gasteiger partial charge in [-0.05, 0) is 24.3 Å². The highest BCUT2D eigenvalue weighted by Crippen LogP contribution is 2.13. The number of hydrogen-bond acceptors (Lipinski definition) is 3. The maximum atomic E-state index is 9.11. The molecule has 0 aliphatic carbocycles. The Labute approximate surface area is 86.3 Å². The lowest BCUT2D eigenvalue weighted by Gasteiger charge is -2.00. The van der Waals surface area contributed by atoms with Crippen molar-refractivity contribution < 1.29 is 5.11 Å². The van der Waals surface area contributed by atoms with Crippen molar-refractivity contribution >= 4 is 5.84 Å². The Morgan fingerprint density at radius 3 is 2.53 bits per heavy atom. The number of amidine groups is 1. The number of phenols is 1. The molecule has 15 heavy (non-hydrogen) atoms. The highest BCUT2D eigenvalue weighted by Gasteiger charge is 2.02. The molecular weight excluding hydrogens is 192 g/mol. The molecule has 2 rings (SSSR count). The molecule has 0 unspecified atom stereocenters. The number of hydrogen-bond donors (Lipinski definition) is 3. The lowest BCUT2D eigenvalue weighted by molar-refractivity contribution is 0.475. The predicted molar refractivity (Wildman–Crippen MR) is 56.2 cm³/mol. The summed E-state index contributed by atoms with van der Waals surface area (Å²) in [6, 6.07) is 6.60. The standard InChI is InChI=1S/C10H10N4O/c11-10(12)7-5-13-14(6-7)8-1-3-9(15)4-2-8/h1-6,15H,(H3,11,12). The van der Waals surface area contributed by atoms with Crippen LogP contribution in [0.3, 0.4) is 0 Å². The fourth-order valence-corrected chi connectivity index (χ4v) is 1.21. The zero-order chi connectivity index (χ0) is 10.8. The Balaban J connectivity index is 2.37. The number of nitrogen functional groups attached to an aromatic ring is 1. The van der Waals surface area contributed by atoms with Gasteiger partial charge in [-0.25, -0.2) is 4.68 Å². The van der Waals surface area contributed by atoms with Crippen LogP contribution in [0.1, 0.15) is 5.56 Å². The molecule has 1 aromatic heterocycles. The van der Waals surface area contributed by atoms with E-state index < -0.39 is 0 Å². The number of nitrogens with two attached hydrogens (primary N) is 1. The molecule has 0 radical (unpaired) electrons. The summed E-state index contributed by atoms with van der Waals surface area (Å²) in [5.41, 5.74) is 6.70. The summed E-state index contributed by atoms with van der Waals surface area (Å²) in [5.74, 6) is 0.192. The van der Waals surface area contributed by atoms with Crippen LogP contribution in [0.4, 0.5) is 0 Å². The van der Waals surface area contributed by atoms with E-state index in [0.717, 1.165) is 5.69 Å². The molecule has 4 N–H and O–H groups in total. The summed E-state index contributed by atoms with van der Waals surface area (Å²) in [7, 11) is 0. The Hall–Kier alpha value is -2.30. The molecule has 0 bridgehead atoms. The van der Waals surface area contributed by atoms with Gasteiger partial charge in [0.2, 0.25) is 0 Å². The van der Waals surface area contributed by atoms with Gasteiger partial charge in [0.15, 0.2) is 0 Å². The third kappa shape index (κ3) is 1.80. The van der Waals surface area contributed by atoms with Crippen molar-refractivity contribution in [2.75, 3.05) is 0 Å². The van der Waals surface area contributed by atoms with E-state index in [1.54, 1.807) is 35.1 Å². The highest BCUT2D eigenvalue weighted by molar-refractivity contribution is 5.94. The second-order valence-corrected chi connectivity index (χ2v) is 3.10. The molecule has 0 spiro atoms. The average molecular weight is 202 g/mol. The molecule has 0 saturated heterocycles. The van der Waals surface area contributed by atoms with Crippen LogP contribution in [0.5, 0.6) is 5.75 Å². The van der Waals surface area contributed by atoms with E-state index in [1.807, 2.05) is 0 Å². The Bertz CT molecular complexity index is 486. The molecule has 0 atom stereocenters. The van der Waals surface area contributed by atoms with Crippen LogP contribution < -0.4 is 5.73 Å². The van der Waals surface area contributed by atoms with Gasteiger partial charge in [-0.3, -0.25) is 5.41 Å². The van der Waals surface area contributed by atoms with E-state index >= 15 is 0 Å². The van der Waals surface area contributed by atoms with Gasteiger partial charge in [0.25, 0.3) is 0 Å². The molecule has 0 saturated carbocycles. The predicted octanol–water partition coefficient (Wildman–Crippen LogP) is 0.862. The molecule has 1 aromatic carbocycles. The van der Waals surface area contributed by atoms with E-state index in [1.165, 1.54) is 6.20 Å². The van der Waals surface area contributed by atoms with E-state index in [4.69, 9.17) is 16.2 Å². The minimum absolute atomic E-state index is 0.0139. The SMILES string of the molecule is N=C(N)c1cnn(-c2ccc(O)cc2)c1. The average Bonchev–Trinajstić information content (AvgIpc) is 2.68. The normalized spacial score (nSPS) is 10.1. The summed E-state index contributed by atoms with van der Waals surface area (Å²) in [5, 5.41) is 20.4.